The number of nitrogens with one attached hydrogen (secondary N) is 1. The molecule has 2 aromatic carbocycles. The van der Waals surface area contributed by atoms with Gasteiger partial charge < -0.3 is 10.1 Å². The maximum atomic E-state index is 12.4. The van der Waals surface area contributed by atoms with Gasteiger partial charge in [0.15, 0.2) is 6.10 Å². The molecule has 0 saturated carbocycles. The molecule has 1 N–H and O–H groups in total. The quantitative estimate of drug-likeness (QED) is 0.726. The van der Waals surface area contributed by atoms with Crippen molar-refractivity contribution in [2.75, 3.05) is 5.32 Å². The molecule has 0 spiro atoms. The van der Waals surface area contributed by atoms with Gasteiger partial charge in [-0.05, 0) is 63.6 Å². The van der Waals surface area contributed by atoms with Gasteiger partial charge in [0.2, 0.25) is 0 Å². The fourth-order valence-corrected chi connectivity index (χ4v) is 3.85. The summed E-state index contributed by atoms with van der Waals surface area (Å²) in [5.41, 5.74) is 2.61. The second kappa shape index (κ2) is 7.33. The van der Waals surface area contributed by atoms with E-state index in [1.807, 2.05) is 63.2 Å². The number of carbonyl (C=O) groups is 1. The van der Waals surface area contributed by atoms with E-state index in [0.717, 1.165) is 15.8 Å². The van der Waals surface area contributed by atoms with Gasteiger partial charge in [-0.1, -0.05) is 23.5 Å². The van der Waals surface area contributed by atoms with Crippen molar-refractivity contribution in [1.82, 2.24) is 4.57 Å². The highest BCUT2D eigenvalue weighted by Gasteiger charge is 2.16. The summed E-state index contributed by atoms with van der Waals surface area (Å²) in [6, 6.07) is 13.2. The van der Waals surface area contributed by atoms with Crippen molar-refractivity contribution in [3.05, 3.63) is 57.7 Å². The Morgan fingerprint density at radius 1 is 1.15 bits per heavy atom. The first-order chi connectivity index (χ1) is 12.3. The van der Waals surface area contributed by atoms with E-state index in [-0.39, 0.29) is 16.8 Å². The lowest BCUT2D eigenvalue weighted by Gasteiger charge is -2.15. The van der Waals surface area contributed by atoms with Crippen LogP contribution in [0.2, 0.25) is 0 Å². The second-order valence-electron chi connectivity index (χ2n) is 6.58. The molecule has 0 saturated heterocycles. The third-order valence-electron chi connectivity index (χ3n) is 4.07. The fraction of sp³-hybridized carbons (Fsp3) is 0.300. The molecule has 26 heavy (non-hydrogen) atoms. The van der Waals surface area contributed by atoms with Crippen LogP contribution >= 0.6 is 11.3 Å². The SMILES string of the molecule is Cc1cccc(O[C@H](C)C(=O)Nc2ccc3c(c2)sc(=O)n3C(C)C)c1. The minimum absolute atomic E-state index is 0.00891. The predicted octanol–water partition coefficient (Wildman–Crippen LogP) is 4.36. The number of fused-ring (bicyclic) bond motifs is 1. The van der Waals surface area contributed by atoms with Crippen LogP contribution in [-0.4, -0.2) is 16.6 Å². The van der Waals surface area contributed by atoms with Crippen molar-refractivity contribution in [2.45, 2.75) is 39.8 Å². The molecule has 0 aliphatic rings. The predicted molar refractivity (Wildman–Crippen MR) is 106 cm³/mol. The van der Waals surface area contributed by atoms with Crippen molar-refractivity contribution in [3.63, 3.8) is 0 Å². The number of aryl methyl sites for hydroxylation is 1. The highest BCUT2D eigenvalue weighted by atomic mass is 32.1. The Balaban J connectivity index is 1.75. The number of hydrogen-bond acceptors (Lipinski definition) is 4. The van der Waals surface area contributed by atoms with Gasteiger partial charge in [0.25, 0.3) is 5.91 Å². The summed E-state index contributed by atoms with van der Waals surface area (Å²) in [5, 5.41) is 2.86. The van der Waals surface area contributed by atoms with Gasteiger partial charge in [-0.3, -0.25) is 14.2 Å². The highest BCUT2D eigenvalue weighted by molar-refractivity contribution is 7.16. The molecule has 0 bridgehead atoms. The lowest BCUT2D eigenvalue weighted by Crippen LogP contribution is -2.30. The van der Waals surface area contributed by atoms with Gasteiger partial charge in [-0.25, -0.2) is 0 Å². The van der Waals surface area contributed by atoms with E-state index in [1.54, 1.807) is 11.5 Å². The van der Waals surface area contributed by atoms with E-state index in [9.17, 15) is 9.59 Å². The van der Waals surface area contributed by atoms with Gasteiger partial charge in [-0.15, -0.1) is 0 Å². The normalized spacial score (nSPS) is 12.3. The van der Waals surface area contributed by atoms with Crippen LogP contribution in [0.1, 0.15) is 32.4 Å². The number of aromatic nitrogens is 1. The van der Waals surface area contributed by atoms with Crippen molar-refractivity contribution in [1.29, 1.82) is 0 Å². The molecule has 3 aromatic rings. The first-order valence-electron chi connectivity index (χ1n) is 8.54. The Hall–Kier alpha value is -2.60. The maximum absolute atomic E-state index is 12.4. The van der Waals surface area contributed by atoms with Crippen molar-refractivity contribution >= 4 is 33.1 Å². The summed E-state index contributed by atoms with van der Waals surface area (Å²) in [4.78, 5) is 24.6. The second-order valence-corrected chi connectivity index (χ2v) is 7.57. The van der Waals surface area contributed by atoms with Gasteiger partial charge in [0, 0.05) is 11.7 Å². The Labute approximate surface area is 156 Å². The third kappa shape index (κ3) is 3.80. The topological polar surface area (TPSA) is 60.3 Å². The number of hydrogen-bond donors (Lipinski definition) is 1. The lowest BCUT2D eigenvalue weighted by molar-refractivity contribution is -0.122. The average molecular weight is 370 g/mol. The molecule has 5 nitrogen and oxygen atoms in total. The van der Waals surface area contributed by atoms with Crippen LogP contribution in [0.3, 0.4) is 0 Å². The molecule has 0 fully saturated rings. The molecular formula is C20H22N2O3S. The number of nitrogens with zero attached hydrogens (tertiary/aromatic N) is 1. The standard InChI is InChI=1S/C20H22N2O3S/c1-12(2)22-17-9-8-15(11-18(17)26-20(22)24)21-19(23)14(4)25-16-7-5-6-13(3)10-16/h5-12,14H,1-4H3,(H,21,23)/t14-/m1/s1. The van der Waals surface area contributed by atoms with E-state index in [2.05, 4.69) is 5.32 Å². The van der Waals surface area contributed by atoms with Crippen LogP contribution < -0.4 is 14.9 Å². The molecule has 1 heterocycles. The van der Waals surface area contributed by atoms with E-state index in [4.69, 9.17) is 4.74 Å². The van der Waals surface area contributed by atoms with Crippen molar-refractivity contribution in [3.8, 4) is 5.75 Å². The zero-order valence-corrected chi connectivity index (χ0v) is 16.1. The molecule has 0 aliphatic carbocycles. The smallest absolute Gasteiger partial charge is 0.308 e. The maximum Gasteiger partial charge on any atom is 0.308 e. The van der Waals surface area contributed by atoms with Gasteiger partial charge in [0.05, 0.1) is 10.2 Å². The van der Waals surface area contributed by atoms with Crippen LogP contribution in [0.4, 0.5) is 5.69 Å². The van der Waals surface area contributed by atoms with Gasteiger partial charge >= 0.3 is 4.87 Å². The average Bonchev–Trinajstić information content (AvgIpc) is 2.89. The van der Waals surface area contributed by atoms with E-state index in [1.165, 1.54) is 11.3 Å². The zero-order valence-electron chi connectivity index (χ0n) is 15.3. The minimum atomic E-state index is -0.633. The van der Waals surface area contributed by atoms with Crippen LogP contribution in [0.25, 0.3) is 10.2 Å². The molecule has 136 valence electrons. The summed E-state index contributed by atoms with van der Waals surface area (Å²) in [7, 11) is 0. The molecule has 0 aliphatic heterocycles. The van der Waals surface area contributed by atoms with Crippen molar-refractivity contribution in [2.24, 2.45) is 0 Å². The van der Waals surface area contributed by atoms with E-state index < -0.39 is 6.10 Å². The first-order valence-corrected chi connectivity index (χ1v) is 9.36. The third-order valence-corrected chi connectivity index (χ3v) is 4.99. The molecule has 1 aromatic heterocycles. The highest BCUT2D eigenvalue weighted by Crippen LogP contribution is 2.24. The number of ether oxygens (including phenoxy) is 1. The Kier molecular flexibility index (Phi) is 5.13. The van der Waals surface area contributed by atoms with Gasteiger partial charge in [0.1, 0.15) is 5.75 Å². The number of amides is 1. The monoisotopic (exact) mass is 370 g/mol. The van der Waals surface area contributed by atoms with Crippen LogP contribution in [0, 0.1) is 6.92 Å². The van der Waals surface area contributed by atoms with Crippen LogP contribution in [0.15, 0.2) is 47.3 Å². The molecule has 0 radical (unpaired) electrons. The molecular weight excluding hydrogens is 348 g/mol. The molecule has 6 heteroatoms. The van der Waals surface area contributed by atoms with E-state index >= 15 is 0 Å². The first kappa shape index (κ1) is 18.2. The largest absolute Gasteiger partial charge is 0.481 e. The molecule has 1 atom stereocenters. The molecule has 0 unspecified atom stereocenters. The number of thiazole rings is 1. The number of carbonyl (C=O) groups excluding carboxylic acids is 1. The summed E-state index contributed by atoms with van der Waals surface area (Å²) in [6.07, 6.45) is -0.633. The molecule has 3 rings (SSSR count). The minimum Gasteiger partial charge on any atom is -0.481 e. The van der Waals surface area contributed by atoms with Crippen molar-refractivity contribution < 1.29 is 9.53 Å². The lowest BCUT2D eigenvalue weighted by atomic mass is 10.2. The van der Waals surface area contributed by atoms with E-state index in [0.29, 0.717) is 11.4 Å². The summed E-state index contributed by atoms with van der Waals surface area (Å²) >= 11 is 1.19. The summed E-state index contributed by atoms with van der Waals surface area (Å²) < 4.78 is 8.32. The number of benzene rings is 2. The summed E-state index contributed by atoms with van der Waals surface area (Å²) in [6.45, 7) is 7.65. The Morgan fingerprint density at radius 2 is 1.92 bits per heavy atom. The zero-order chi connectivity index (χ0) is 18.8. The number of anilines is 1. The Bertz CT molecular complexity index is 1000. The summed E-state index contributed by atoms with van der Waals surface area (Å²) in [5.74, 6) is 0.428. The van der Waals surface area contributed by atoms with Crippen LogP contribution in [0.5, 0.6) is 5.75 Å². The number of rotatable bonds is 5. The van der Waals surface area contributed by atoms with Crippen LogP contribution in [-0.2, 0) is 4.79 Å². The Morgan fingerprint density at radius 3 is 2.62 bits per heavy atom. The molecule has 1 amide bonds. The fourth-order valence-electron chi connectivity index (χ4n) is 2.79. The van der Waals surface area contributed by atoms with Gasteiger partial charge in [-0.2, -0.15) is 0 Å².